The summed E-state index contributed by atoms with van der Waals surface area (Å²) < 4.78 is 0. The van der Waals surface area contributed by atoms with E-state index in [0.717, 1.165) is 10.4 Å². The van der Waals surface area contributed by atoms with Gasteiger partial charge in [0.2, 0.25) is 0 Å². The number of carbonyl (C=O) groups is 2. The maximum absolute atomic E-state index is 12.0. The van der Waals surface area contributed by atoms with Crippen LogP contribution in [0.3, 0.4) is 0 Å². The molecule has 2 N–H and O–H groups in total. The Morgan fingerprint density at radius 3 is 2.68 bits per heavy atom. The van der Waals surface area contributed by atoms with Crippen molar-refractivity contribution in [3.63, 3.8) is 0 Å². The van der Waals surface area contributed by atoms with E-state index in [1.54, 1.807) is 12.1 Å². The Morgan fingerprint density at radius 2 is 2.11 bits per heavy atom. The number of thiophene rings is 1. The highest BCUT2D eigenvalue weighted by molar-refractivity contribution is 7.14. The fourth-order valence-corrected chi connectivity index (χ4v) is 2.47. The summed E-state index contributed by atoms with van der Waals surface area (Å²) in [6.45, 7) is 3.86. The first-order valence-corrected chi connectivity index (χ1v) is 6.37. The number of nitrogens with zero attached hydrogens (tertiary/aromatic N) is 1. The second-order valence-electron chi connectivity index (χ2n) is 4.01. The molecule has 2 rings (SSSR count). The molecule has 2 aromatic rings. The molecule has 0 aliphatic heterocycles. The number of pyridine rings is 1. The lowest BCUT2D eigenvalue weighted by Crippen LogP contribution is -2.14. The number of hydrogen-bond acceptors (Lipinski definition) is 4. The molecular formula is C13H12N2O3S. The van der Waals surface area contributed by atoms with Crippen molar-refractivity contribution in [1.29, 1.82) is 0 Å². The summed E-state index contributed by atoms with van der Waals surface area (Å²) in [4.78, 5) is 28.4. The number of amides is 1. The zero-order chi connectivity index (χ0) is 14.0. The molecule has 0 aromatic carbocycles. The van der Waals surface area contributed by atoms with Crippen molar-refractivity contribution in [1.82, 2.24) is 4.98 Å². The van der Waals surface area contributed by atoms with Gasteiger partial charge >= 0.3 is 5.97 Å². The zero-order valence-corrected chi connectivity index (χ0v) is 11.2. The van der Waals surface area contributed by atoms with Crippen molar-refractivity contribution in [2.75, 3.05) is 5.32 Å². The molecule has 1 amide bonds. The topological polar surface area (TPSA) is 79.3 Å². The van der Waals surface area contributed by atoms with E-state index < -0.39 is 5.97 Å². The first-order chi connectivity index (χ1) is 8.99. The Hall–Kier alpha value is -2.21. The molecule has 2 heterocycles. The summed E-state index contributed by atoms with van der Waals surface area (Å²) in [5.74, 6) is -1.49. The number of carboxylic acids is 1. The lowest BCUT2D eigenvalue weighted by Gasteiger charge is -2.05. The van der Waals surface area contributed by atoms with E-state index >= 15 is 0 Å². The molecule has 6 heteroatoms. The molecule has 0 atom stereocenters. The first kappa shape index (κ1) is 13.2. The normalized spacial score (nSPS) is 10.2. The van der Waals surface area contributed by atoms with Crippen LogP contribution in [-0.4, -0.2) is 22.0 Å². The molecule has 0 spiro atoms. The number of anilines is 1. The second-order valence-corrected chi connectivity index (χ2v) is 5.27. The van der Waals surface area contributed by atoms with Crippen molar-refractivity contribution in [2.24, 2.45) is 0 Å². The minimum absolute atomic E-state index is 0.166. The molecule has 2 aromatic heterocycles. The summed E-state index contributed by atoms with van der Waals surface area (Å²) in [7, 11) is 0. The van der Waals surface area contributed by atoms with E-state index in [1.165, 1.54) is 23.6 Å². The van der Waals surface area contributed by atoms with Gasteiger partial charge < -0.3 is 10.4 Å². The number of aryl methyl sites for hydroxylation is 2. The van der Waals surface area contributed by atoms with Crippen LogP contribution in [0.25, 0.3) is 0 Å². The van der Waals surface area contributed by atoms with Gasteiger partial charge in [-0.25, -0.2) is 9.78 Å². The molecular weight excluding hydrogens is 264 g/mol. The van der Waals surface area contributed by atoms with Gasteiger partial charge in [-0.05, 0) is 37.6 Å². The number of aromatic nitrogens is 1. The Morgan fingerprint density at radius 1 is 1.37 bits per heavy atom. The van der Waals surface area contributed by atoms with Crippen LogP contribution in [0.1, 0.15) is 30.6 Å². The molecule has 0 radical (unpaired) electrons. The highest BCUT2D eigenvalue weighted by Gasteiger charge is 2.16. The summed E-state index contributed by atoms with van der Waals surface area (Å²) >= 11 is 1.38. The maximum Gasteiger partial charge on any atom is 0.356 e. The van der Waals surface area contributed by atoms with Crippen molar-refractivity contribution in [3.8, 4) is 0 Å². The van der Waals surface area contributed by atoms with Crippen LogP contribution < -0.4 is 5.32 Å². The standard InChI is InChI=1S/C13H12N2O3S/c1-7-6-10(19-8(7)2)12(16)15-9-4-3-5-14-11(9)13(17)18/h3-6H,1-2H3,(H,15,16)(H,17,18). The third kappa shape index (κ3) is 2.79. The molecule has 0 unspecified atom stereocenters. The van der Waals surface area contributed by atoms with Crippen LogP contribution in [-0.2, 0) is 0 Å². The third-order valence-electron chi connectivity index (χ3n) is 2.65. The molecule has 5 nitrogen and oxygen atoms in total. The van der Waals surface area contributed by atoms with Crippen molar-refractivity contribution >= 4 is 28.9 Å². The van der Waals surface area contributed by atoms with Gasteiger partial charge in [0.15, 0.2) is 5.69 Å². The van der Waals surface area contributed by atoms with E-state index in [0.29, 0.717) is 4.88 Å². The molecule has 0 aliphatic carbocycles. The third-order valence-corrected chi connectivity index (χ3v) is 3.80. The van der Waals surface area contributed by atoms with Gasteiger partial charge in [0.1, 0.15) is 0 Å². The van der Waals surface area contributed by atoms with Crippen LogP contribution in [0.15, 0.2) is 24.4 Å². The smallest absolute Gasteiger partial charge is 0.356 e. The molecule has 0 saturated heterocycles. The second kappa shape index (κ2) is 5.19. The fraction of sp³-hybridized carbons (Fsp3) is 0.154. The fourth-order valence-electron chi connectivity index (χ4n) is 1.55. The predicted molar refractivity (Wildman–Crippen MR) is 72.9 cm³/mol. The summed E-state index contributed by atoms with van der Waals surface area (Å²) in [6.07, 6.45) is 1.37. The SMILES string of the molecule is Cc1cc(C(=O)Nc2cccnc2C(=O)O)sc1C. The molecule has 0 fully saturated rings. The van der Waals surface area contributed by atoms with E-state index in [9.17, 15) is 9.59 Å². The van der Waals surface area contributed by atoms with Crippen LogP contribution in [0.2, 0.25) is 0 Å². The Balaban J connectivity index is 2.26. The number of carbonyl (C=O) groups excluding carboxylic acids is 1. The van der Waals surface area contributed by atoms with Crippen molar-refractivity contribution in [2.45, 2.75) is 13.8 Å². The molecule has 98 valence electrons. The number of nitrogens with one attached hydrogen (secondary N) is 1. The highest BCUT2D eigenvalue weighted by Crippen LogP contribution is 2.22. The van der Waals surface area contributed by atoms with E-state index in [-0.39, 0.29) is 17.3 Å². The molecule has 0 saturated carbocycles. The van der Waals surface area contributed by atoms with Crippen molar-refractivity contribution < 1.29 is 14.7 Å². The molecule has 0 bridgehead atoms. The van der Waals surface area contributed by atoms with Crippen LogP contribution in [0.5, 0.6) is 0 Å². The number of rotatable bonds is 3. The number of hydrogen-bond donors (Lipinski definition) is 2. The Bertz CT molecular complexity index is 630. The minimum atomic E-state index is -1.17. The maximum atomic E-state index is 12.0. The van der Waals surface area contributed by atoms with Crippen LogP contribution >= 0.6 is 11.3 Å². The van der Waals surface area contributed by atoms with E-state index in [2.05, 4.69) is 10.3 Å². The Kier molecular flexibility index (Phi) is 3.62. The van der Waals surface area contributed by atoms with Gasteiger partial charge in [-0.15, -0.1) is 11.3 Å². The molecule has 19 heavy (non-hydrogen) atoms. The largest absolute Gasteiger partial charge is 0.476 e. The lowest BCUT2D eigenvalue weighted by atomic mass is 10.2. The monoisotopic (exact) mass is 276 g/mol. The first-order valence-electron chi connectivity index (χ1n) is 5.55. The summed E-state index contributed by atoms with van der Waals surface area (Å²) in [6, 6.07) is 4.88. The zero-order valence-electron chi connectivity index (χ0n) is 10.4. The van der Waals surface area contributed by atoms with Gasteiger partial charge in [-0.1, -0.05) is 0 Å². The van der Waals surface area contributed by atoms with Gasteiger partial charge in [-0.2, -0.15) is 0 Å². The van der Waals surface area contributed by atoms with E-state index in [1.807, 2.05) is 13.8 Å². The van der Waals surface area contributed by atoms with Gasteiger partial charge in [-0.3, -0.25) is 4.79 Å². The summed E-state index contributed by atoms with van der Waals surface area (Å²) in [5, 5.41) is 11.6. The quantitative estimate of drug-likeness (QED) is 0.903. The average Bonchev–Trinajstić information content (AvgIpc) is 2.70. The highest BCUT2D eigenvalue weighted by atomic mass is 32.1. The molecule has 0 aliphatic rings. The van der Waals surface area contributed by atoms with E-state index in [4.69, 9.17) is 5.11 Å². The average molecular weight is 276 g/mol. The minimum Gasteiger partial charge on any atom is -0.476 e. The van der Waals surface area contributed by atoms with Gasteiger partial charge in [0, 0.05) is 11.1 Å². The van der Waals surface area contributed by atoms with Crippen LogP contribution in [0, 0.1) is 13.8 Å². The van der Waals surface area contributed by atoms with Crippen molar-refractivity contribution in [3.05, 3.63) is 45.4 Å². The van der Waals surface area contributed by atoms with Gasteiger partial charge in [0.05, 0.1) is 10.6 Å². The number of carboxylic acid groups (broad SMARTS) is 1. The Labute approximate surface area is 113 Å². The number of aromatic carboxylic acids is 1. The lowest BCUT2D eigenvalue weighted by molar-refractivity contribution is 0.0692. The van der Waals surface area contributed by atoms with Gasteiger partial charge in [0.25, 0.3) is 5.91 Å². The van der Waals surface area contributed by atoms with Crippen LogP contribution in [0.4, 0.5) is 5.69 Å². The predicted octanol–water partition coefficient (Wildman–Crippen LogP) is 2.71. The summed E-state index contributed by atoms with van der Waals surface area (Å²) in [5.41, 5.74) is 1.07.